The van der Waals surface area contributed by atoms with Crippen molar-refractivity contribution >= 4 is 16.9 Å². The lowest BCUT2D eigenvalue weighted by Gasteiger charge is -2.75. The van der Waals surface area contributed by atoms with Crippen LogP contribution in [-0.4, -0.2) is 23.8 Å². The largest absolute Gasteiger partial charge is 0.495 e. The molecule has 6 atom stereocenters. The zero-order chi connectivity index (χ0) is 23.7. The van der Waals surface area contributed by atoms with Gasteiger partial charge in [-0.2, -0.15) is 0 Å². The van der Waals surface area contributed by atoms with E-state index in [9.17, 15) is 9.00 Å². The van der Waals surface area contributed by atoms with E-state index in [-0.39, 0.29) is 11.8 Å². The van der Waals surface area contributed by atoms with Gasteiger partial charge in [0.1, 0.15) is 16.7 Å². The van der Waals surface area contributed by atoms with Gasteiger partial charge >= 0.3 is 0 Å². The number of amides is 1. The Morgan fingerprint density at radius 3 is 2.44 bits per heavy atom. The molecule has 3 saturated carbocycles. The van der Waals surface area contributed by atoms with Gasteiger partial charge in [0.15, 0.2) is 0 Å². The molecule has 3 aliphatic carbocycles. The maximum absolute atomic E-state index is 12.2. The maximum Gasteiger partial charge on any atom is 0.217 e. The Hall–Kier alpha value is -1.40. The van der Waals surface area contributed by atoms with E-state index >= 15 is 0 Å². The molecular formula is C26H44N2O3S. The predicted molar refractivity (Wildman–Crippen MR) is 133 cm³/mol. The van der Waals surface area contributed by atoms with Crippen molar-refractivity contribution in [1.82, 2.24) is 4.72 Å². The Bertz CT molecular complexity index is 750. The number of carbonyl (C=O) groups excluding carboxylic acids is 1. The molecule has 1 aromatic rings. The normalized spacial score (nSPS) is 28.3. The minimum atomic E-state index is -1.36. The van der Waals surface area contributed by atoms with E-state index in [1.165, 1.54) is 18.3 Å². The first-order valence-electron chi connectivity index (χ1n) is 12.5. The quantitative estimate of drug-likeness (QED) is 0.482. The van der Waals surface area contributed by atoms with Gasteiger partial charge in [0.25, 0.3) is 0 Å². The topological polar surface area (TPSA) is 81.4 Å². The summed E-state index contributed by atoms with van der Waals surface area (Å²) in [6, 6.07) is 7.16. The average molecular weight is 465 g/mol. The Morgan fingerprint density at radius 1 is 1.25 bits per heavy atom. The Kier molecular flexibility index (Phi) is 10.7. The molecule has 182 valence electrons. The molecule has 6 unspecified atom stereocenters. The number of hydrogen-bond donors (Lipinski definition) is 2. The number of ether oxygens (including phenoxy) is 1. The van der Waals surface area contributed by atoms with Gasteiger partial charge in [-0.25, -0.2) is 8.93 Å². The molecule has 0 aromatic heterocycles. The van der Waals surface area contributed by atoms with Gasteiger partial charge in [-0.05, 0) is 73.3 Å². The number of para-hydroxylation sites is 1. The second-order valence-corrected chi connectivity index (χ2v) is 10.5. The number of nitrogens with one attached hydrogen (secondary N) is 1. The molecule has 3 fully saturated rings. The lowest BCUT2D eigenvalue weighted by atomic mass is 9.29. The van der Waals surface area contributed by atoms with Crippen LogP contribution in [0.15, 0.2) is 29.2 Å². The zero-order valence-corrected chi connectivity index (χ0v) is 21.5. The van der Waals surface area contributed by atoms with Crippen molar-refractivity contribution in [2.24, 2.45) is 34.8 Å². The molecule has 5 nitrogen and oxygen atoms in total. The van der Waals surface area contributed by atoms with Crippen LogP contribution in [0.2, 0.25) is 0 Å². The van der Waals surface area contributed by atoms with Gasteiger partial charge in [-0.3, -0.25) is 4.79 Å². The van der Waals surface area contributed by atoms with Crippen molar-refractivity contribution in [3.8, 4) is 5.75 Å². The monoisotopic (exact) mass is 464 g/mol. The van der Waals surface area contributed by atoms with Crippen molar-refractivity contribution in [2.75, 3.05) is 13.7 Å². The molecule has 0 bridgehead atoms. The minimum Gasteiger partial charge on any atom is -0.495 e. The molecular weight excluding hydrogens is 420 g/mol. The predicted octanol–water partition coefficient (Wildman–Crippen LogP) is 5.46. The third-order valence-corrected chi connectivity index (χ3v) is 8.96. The third kappa shape index (κ3) is 5.74. The van der Waals surface area contributed by atoms with E-state index in [4.69, 9.17) is 10.5 Å². The fourth-order valence-corrected chi connectivity index (χ4v) is 7.19. The smallest absolute Gasteiger partial charge is 0.217 e. The molecule has 32 heavy (non-hydrogen) atoms. The summed E-state index contributed by atoms with van der Waals surface area (Å²) >= 11 is 0. The molecule has 0 saturated heterocycles. The SMILES string of the molecule is CC.CCC1CC2CC3CCC132.CCCC(CNS(=O)c1ccccc1OC)CC(N)=O. The van der Waals surface area contributed by atoms with Crippen molar-refractivity contribution in [1.29, 1.82) is 0 Å². The molecule has 4 rings (SSSR count). The third-order valence-electron chi connectivity index (χ3n) is 7.80. The van der Waals surface area contributed by atoms with Crippen LogP contribution in [0.1, 0.15) is 79.1 Å². The van der Waals surface area contributed by atoms with Crippen LogP contribution in [0, 0.1) is 29.1 Å². The van der Waals surface area contributed by atoms with E-state index in [1.54, 1.807) is 44.9 Å². The first-order chi connectivity index (χ1) is 15.5. The van der Waals surface area contributed by atoms with Crippen LogP contribution in [-0.2, 0) is 15.8 Å². The van der Waals surface area contributed by atoms with E-state index in [0.29, 0.717) is 23.6 Å². The average Bonchev–Trinajstić information content (AvgIpc) is 2.77. The molecule has 0 heterocycles. The van der Waals surface area contributed by atoms with Gasteiger partial charge < -0.3 is 10.5 Å². The minimum absolute atomic E-state index is 0.108. The first-order valence-corrected chi connectivity index (χ1v) is 13.7. The molecule has 6 heteroatoms. The molecule has 1 aromatic carbocycles. The number of carbonyl (C=O) groups is 1. The number of hydrogen-bond acceptors (Lipinski definition) is 3. The van der Waals surface area contributed by atoms with Crippen LogP contribution in [0.25, 0.3) is 0 Å². The van der Waals surface area contributed by atoms with Crippen LogP contribution in [0.4, 0.5) is 0 Å². The van der Waals surface area contributed by atoms with Crippen molar-refractivity contribution in [3.63, 3.8) is 0 Å². The van der Waals surface area contributed by atoms with Crippen LogP contribution >= 0.6 is 0 Å². The first kappa shape index (κ1) is 26.8. The number of primary amides is 1. The van der Waals surface area contributed by atoms with E-state index in [0.717, 1.165) is 24.2 Å². The van der Waals surface area contributed by atoms with Crippen LogP contribution < -0.4 is 15.2 Å². The highest BCUT2D eigenvalue weighted by Crippen LogP contribution is 2.77. The second kappa shape index (κ2) is 12.7. The lowest BCUT2D eigenvalue weighted by molar-refractivity contribution is -0.263. The fourth-order valence-electron chi connectivity index (χ4n) is 6.11. The van der Waals surface area contributed by atoms with Crippen molar-refractivity contribution in [2.45, 2.75) is 84.0 Å². The van der Waals surface area contributed by atoms with Gasteiger partial charge in [0.2, 0.25) is 5.91 Å². The van der Waals surface area contributed by atoms with Gasteiger partial charge in [-0.1, -0.05) is 52.7 Å². The van der Waals surface area contributed by atoms with Crippen molar-refractivity contribution in [3.05, 3.63) is 24.3 Å². The van der Waals surface area contributed by atoms with Gasteiger partial charge in [0.05, 0.1) is 12.0 Å². The standard InChI is InChI=1S/C14H22N2O3S.C10H16.C2H6/c1-3-6-11(9-14(15)17)10-16-20(18)13-8-5-4-7-12(13)19-2;1-2-7-5-9-6-8-3-4-10(7,8)9;1-2/h4-5,7-8,11,16H,3,6,9-10H2,1-2H3,(H2,15,17);7-9H,2-6H2,1H3;1-2H3. The number of nitrogens with two attached hydrogens (primary N) is 1. The summed E-state index contributed by atoms with van der Waals surface area (Å²) in [5.41, 5.74) is 6.19. The summed E-state index contributed by atoms with van der Waals surface area (Å²) in [4.78, 5) is 11.6. The zero-order valence-electron chi connectivity index (χ0n) is 20.7. The molecule has 1 spiro atoms. The van der Waals surface area contributed by atoms with Gasteiger partial charge in [-0.15, -0.1) is 0 Å². The Morgan fingerprint density at radius 2 is 1.97 bits per heavy atom. The van der Waals surface area contributed by atoms with Crippen LogP contribution in [0.3, 0.4) is 0 Å². The fraction of sp³-hybridized carbons (Fsp3) is 0.731. The van der Waals surface area contributed by atoms with E-state index < -0.39 is 11.0 Å². The highest BCUT2D eigenvalue weighted by atomic mass is 32.2. The summed E-state index contributed by atoms with van der Waals surface area (Å²) in [5.74, 6) is 3.93. The number of methoxy groups -OCH3 is 1. The lowest BCUT2D eigenvalue weighted by Crippen LogP contribution is -2.67. The van der Waals surface area contributed by atoms with Crippen molar-refractivity contribution < 1.29 is 13.7 Å². The summed E-state index contributed by atoms with van der Waals surface area (Å²) in [6.07, 6.45) is 9.98. The summed E-state index contributed by atoms with van der Waals surface area (Å²) in [6.45, 7) is 8.91. The molecule has 0 aliphatic heterocycles. The van der Waals surface area contributed by atoms with E-state index in [1.807, 2.05) is 32.9 Å². The highest BCUT2D eigenvalue weighted by molar-refractivity contribution is 7.83. The molecule has 1 amide bonds. The number of benzene rings is 1. The number of rotatable bonds is 10. The molecule has 3 aliphatic rings. The van der Waals surface area contributed by atoms with Gasteiger partial charge in [0, 0.05) is 13.0 Å². The highest BCUT2D eigenvalue weighted by Gasteiger charge is 2.69. The molecule has 3 N–H and O–H groups in total. The van der Waals surface area contributed by atoms with Crippen LogP contribution in [0.5, 0.6) is 5.75 Å². The summed E-state index contributed by atoms with van der Waals surface area (Å²) in [5, 5.41) is 0. The van der Waals surface area contributed by atoms with E-state index in [2.05, 4.69) is 11.6 Å². The molecule has 0 radical (unpaired) electrons. The second-order valence-electron chi connectivity index (χ2n) is 9.21. The Balaban J connectivity index is 0.000000247. The summed E-state index contributed by atoms with van der Waals surface area (Å²) in [7, 11) is 0.184. The Labute approximate surface area is 197 Å². The summed E-state index contributed by atoms with van der Waals surface area (Å²) < 4.78 is 20.3. The maximum atomic E-state index is 12.2.